The van der Waals surface area contributed by atoms with Crippen LogP contribution in [0.3, 0.4) is 0 Å². The Hall–Kier alpha value is -1.70. The highest BCUT2D eigenvalue weighted by molar-refractivity contribution is 9.10. The molecule has 118 valence electrons. The highest BCUT2D eigenvalue weighted by atomic mass is 79.9. The average Bonchev–Trinajstić information content (AvgIpc) is 2.90. The molecule has 2 aromatic heterocycles. The Kier molecular flexibility index (Phi) is 3.71. The summed E-state index contributed by atoms with van der Waals surface area (Å²) < 4.78 is 1.47. The monoisotopic (exact) mass is 390 g/mol. The van der Waals surface area contributed by atoms with Crippen LogP contribution in [0.5, 0.6) is 0 Å². The maximum absolute atomic E-state index is 12.1. The van der Waals surface area contributed by atoms with Crippen molar-refractivity contribution >= 4 is 39.1 Å². The molecule has 3 heterocycles. The normalized spacial score (nSPS) is 15.0. The SMILES string of the molecule is O=c1[nH]c(=S)[nH]c2c1CN(Cc1c[nH]c3cc(Br)ccc13)CC2. The van der Waals surface area contributed by atoms with Crippen molar-refractivity contribution in [2.24, 2.45) is 0 Å². The summed E-state index contributed by atoms with van der Waals surface area (Å²) >= 11 is 8.53. The summed E-state index contributed by atoms with van der Waals surface area (Å²) in [4.78, 5) is 23.5. The number of nitrogens with one attached hydrogen (secondary N) is 3. The van der Waals surface area contributed by atoms with Crippen molar-refractivity contribution < 1.29 is 0 Å². The molecule has 1 aromatic carbocycles. The van der Waals surface area contributed by atoms with Crippen LogP contribution in [0, 0.1) is 4.77 Å². The third-order valence-corrected chi connectivity index (χ3v) is 5.01. The average molecular weight is 391 g/mol. The van der Waals surface area contributed by atoms with Gasteiger partial charge in [0.25, 0.3) is 5.56 Å². The molecule has 23 heavy (non-hydrogen) atoms. The lowest BCUT2D eigenvalue weighted by Gasteiger charge is -2.27. The first-order valence-corrected chi connectivity index (χ1v) is 8.62. The molecule has 7 heteroatoms. The van der Waals surface area contributed by atoms with E-state index in [0.717, 1.165) is 40.8 Å². The van der Waals surface area contributed by atoms with Crippen molar-refractivity contribution in [3.8, 4) is 0 Å². The van der Waals surface area contributed by atoms with Crippen LogP contribution >= 0.6 is 28.1 Å². The zero-order chi connectivity index (χ0) is 16.0. The number of aromatic amines is 3. The lowest BCUT2D eigenvalue weighted by Crippen LogP contribution is -2.35. The molecule has 0 radical (unpaired) electrons. The van der Waals surface area contributed by atoms with Gasteiger partial charge in [0, 0.05) is 53.3 Å². The largest absolute Gasteiger partial charge is 0.361 e. The van der Waals surface area contributed by atoms with E-state index < -0.39 is 0 Å². The third kappa shape index (κ3) is 2.80. The lowest BCUT2D eigenvalue weighted by atomic mass is 10.1. The van der Waals surface area contributed by atoms with E-state index in [9.17, 15) is 4.79 Å². The van der Waals surface area contributed by atoms with Gasteiger partial charge in [0.2, 0.25) is 0 Å². The van der Waals surface area contributed by atoms with Crippen LogP contribution in [0.2, 0.25) is 0 Å². The number of halogens is 1. The fraction of sp³-hybridized carbons (Fsp3) is 0.250. The quantitative estimate of drug-likeness (QED) is 0.588. The molecular formula is C16H15BrN4OS. The van der Waals surface area contributed by atoms with Gasteiger partial charge in [-0.25, -0.2) is 0 Å². The summed E-state index contributed by atoms with van der Waals surface area (Å²) in [5.74, 6) is 0. The number of nitrogens with zero attached hydrogens (tertiary/aromatic N) is 1. The van der Waals surface area contributed by atoms with E-state index in [0.29, 0.717) is 11.3 Å². The number of aromatic nitrogens is 3. The molecular weight excluding hydrogens is 376 g/mol. The van der Waals surface area contributed by atoms with Crippen LogP contribution in [0.4, 0.5) is 0 Å². The standard InChI is InChI=1S/C16H15BrN4OS/c17-10-1-2-11-9(6-18-14(11)5-10)7-21-4-3-13-12(8-21)15(22)20-16(23)19-13/h1-2,5-6,18H,3-4,7-8H2,(H2,19,20,22,23). The van der Waals surface area contributed by atoms with Crippen molar-refractivity contribution in [1.82, 2.24) is 19.9 Å². The van der Waals surface area contributed by atoms with Gasteiger partial charge in [0.15, 0.2) is 4.77 Å². The number of hydrogen-bond acceptors (Lipinski definition) is 3. The maximum atomic E-state index is 12.1. The highest BCUT2D eigenvalue weighted by Gasteiger charge is 2.20. The Morgan fingerprint density at radius 2 is 2.17 bits per heavy atom. The molecule has 5 nitrogen and oxygen atoms in total. The van der Waals surface area contributed by atoms with E-state index in [-0.39, 0.29) is 5.56 Å². The Morgan fingerprint density at radius 3 is 3.04 bits per heavy atom. The van der Waals surface area contributed by atoms with E-state index in [4.69, 9.17) is 12.2 Å². The van der Waals surface area contributed by atoms with Crippen LogP contribution in [0.15, 0.2) is 33.7 Å². The number of H-pyrrole nitrogens is 3. The molecule has 0 saturated carbocycles. The molecule has 3 N–H and O–H groups in total. The fourth-order valence-electron chi connectivity index (χ4n) is 3.18. The molecule has 0 aliphatic carbocycles. The van der Waals surface area contributed by atoms with Gasteiger partial charge in [0.1, 0.15) is 0 Å². The minimum atomic E-state index is -0.0729. The zero-order valence-electron chi connectivity index (χ0n) is 12.3. The summed E-state index contributed by atoms with van der Waals surface area (Å²) in [6.07, 6.45) is 2.87. The molecule has 4 rings (SSSR count). The van der Waals surface area contributed by atoms with Gasteiger partial charge in [-0.15, -0.1) is 0 Å². The molecule has 1 aliphatic heterocycles. The minimum Gasteiger partial charge on any atom is -0.361 e. The van der Waals surface area contributed by atoms with Gasteiger partial charge in [0.05, 0.1) is 5.56 Å². The van der Waals surface area contributed by atoms with Gasteiger partial charge in [-0.1, -0.05) is 22.0 Å². The molecule has 0 fully saturated rings. The Labute approximate surface area is 145 Å². The summed E-state index contributed by atoms with van der Waals surface area (Å²) in [7, 11) is 0. The third-order valence-electron chi connectivity index (χ3n) is 4.31. The van der Waals surface area contributed by atoms with Crippen molar-refractivity contribution in [1.29, 1.82) is 0 Å². The summed E-state index contributed by atoms with van der Waals surface area (Å²) in [5, 5.41) is 1.22. The highest BCUT2D eigenvalue weighted by Crippen LogP contribution is 2.24. The summed E-state index contributed by atoms with van der Waals surface area (Å²) in [6.45, 7) is 2.36. The minimum absolute atomic E-state index is 0.0729. The van der Waals surface area contributed by atoms with Crippen LogP contribution in [0.25, 0.3) is 10.9 Å². The molecule has 0 atom stereocenters. The Bertz CT molecular complexity index is 1000. The molecule has 0 bridgehead atoms. The number of rotatable bonds is 2. The number of benzene rings is 1. The van der Waals surface area contributed by atoms with Crippen molar-refractivity contribution in [3.05, 3.63) is 60.8 Å². The van der Waals surface area contributed by atoms with E-state index in [2.05, 4.69) is 60.2 Å². The summed E-state index contributed by atoms with van der Waals surface area (Å²) in [6, 6.07) is 6.25. The van der Waals surface area contributed by atoms with Crippen LogP contribution < -0.4 is 5.56 Å². The molecule has 0 unspecified atom stereocenters. The summed E-state index contributed by atoms with van der Waals surface area (Å²) in [5.41, 5.74) is 4.06. The molecule has 0 saturated heterocycles. The van der Waals surface area contributed by atoms with Crippen molar-refractivity contribution in [3.63, 3.8) is 0 Å². The Balaban J connectivity index is 1.62. The first-order chi connectivity index (χ1) is 11.1. The van der Waals surface area contributed by atoms with Crippen molar-refractivity contribution in [2.75, 3.05) is 6.54 Å². The van der Waals surface area contributed by atoms with E-state index in [1.165, 1.54) is 10.9 Å². The van der Waals surface area contributed by atoms with E-state index in [1.807, 2.05) is 0 Å². The molecule has 1 aliphatic rings. The predicted octanol–water partition coefficient (Wildman–Crippen LogP) is 3.23. The molecule has 0 spiro atoms. The van der Waals surface area contributed by atoms with Crippen molar-refractivity contribution in [2.45, 2.75) is 19.5 Å². The van der Waals surface area contributed by atoms with Crippen LogP contribution in [-0.4, -0.2) is 26.4 Å². The van der Waals surface area contributed by atoms with Crippen LogP contribution in [0.1, 0.15) is 16.8 Å². The van der Waals surface area contributed by atoms with Gasteiger partial charge < -0.3 is 9.97 Å². The van der Waals surface area contributed by atoms with E-state index in [1.54, 1.807) is 0 Å². The van der Waals surface area contributed by atoms with Gasteiger partial charge in [-0.2, -0.15) is 0 Å². The first kappa shape index (κ1) is 14.9. The van der Waals surface area contributed by atoms with Gasteiger partial charge in [-0.3, -0.25) is 14.7 Å². The van der Waals surface area contributed by atoms with Crippen LogP contribution in [-0.2, 0) is 19.5 Å². The smallest absolute Gasteiger partial charge is 0.256 e. The van der Waals surface area contributed by atoms with Gasteiger partial charge in [-0.05, 0) is 29.9 Å². The maximum Gasteiger partial charge on any atom is 0.256 e. The predicted molar refractivity (Wildman–Crippen MR) is 96.1 cm³/mol. The topological polar surface area (TPSA) is 67.7 Å². The second-order valence-electron chi connectivity index (χ2n) is 5.83. The van der Waals surface area contributed by atoms with Gasteiger partial charge >= 0.3 is 0 Å². The first-order valence-electron chi connectivity index (χ1n) is 7.42. The second-order valence-corrected chi connectivity index (χ2v) is 7.15. The fourth-order valence-corrected chi connectivity index (χ4v) is 3.75. The second kappa shape index (κ2) is 5.74. The number of fused-ring (bicyclic) bond motifs is 2. The molecule has 0 amide bonds. The molecule has 3 aromatic rings. The lowest BCUT2D eigenvalue weighted by molar-refractivity contribution is 0.242. The number of hydrogen-bond donors (Lipinski definition) is 3. The zero-order valence-corrected chi connectivity index (χ0v) is 14.7. The Morgan fingerprint density at radius 1 is 1.30 bits per heavy atom. The van der Waals surface area contributed by atoms with E-state index >= 15 is 0 Å².